The number of hydrogen-bond acceptors (Lipinski definition) is 5. The molecule has 2 N–H and O–H groups in total. The standard InChI is InChI=1S/C25H37NO4/c1-4-22(26-24(2,3)28)30-21-7-5-17(6-8-21)12-23(27)29-16-25-13-18-9-19(14-25)11-20(10-18)15-25/h5-8,18-20,22,26,28H,4,9-16H2,1-3H3. The van der Waals surface area contributed by atoms with Gasteiger partial charge < -0.3 is 14.6 Å². The molecule has 0 heterocycles. The lowest BCUT2D eigenvalue weighted by Gasteiger charge is -2.56. The van der Waals surface area contributed by atoms with E-state index in [1.165, 1.54) is 38.5 Å². The van der Waals surface area contributed by atoms with E-state index in [0.29, 0.717) is 18.8 Å². The predicted molar refractivity (Wildman–Crippen MR) is 116 cm³/mol. The van der Waals surface area contributed by atoms with Gasteiger partial charge in [-0.15, -0.1) is 0 Å². The smallest absolute Gasteiger partial charge is 0.310 e. The summed E-state index contributed by atoms with van der Waals surface area (Å²) in [6.07, 6.45) is 8.75. The molecule has 4 bridgehead atoms. The maximum absolute atomic E-state index is 12.5. The molecule has 5 heteroatoms. The average Bonchev–Trinajstić information content (AvgIpc) is 2.65. The Balaban J connectivity index is 1.26. The van der Waals surface area contributed by atoms with E-state index in [0.717, 1.165) is 29.7 Å². The first-order valence-corrected chi connectivity index (χ1v) is 11.6. The van der Waals surface area contributed by atoms with Crippen molar-refractivity contribution in [3.8, 4) is 5.75 Å². The molecule has 166 valence electrons. The van der Waals surface area contributed by atoms with Crippen LogP contribution in [0.4, 0.5) is 0 Å². The van der Waals surface area contributed by atoms with Crippen molar-refractivity contribution in [2.75, 3.05) is 6.61 Å². The molecule has 0 amide bonds. The van der Waals surface area contributed by atoms with E-state index in [1.807, 2.05) is 31.2 Å². The van der Waals surface area contributed by atoms with Crippen molar-refractivity contribution in [1.29, 1.82) is 0 Å². The molecule has 1 unspecified atom stereocenters. The minimum atomic E-state index is -0.999. The largest absolute Gasteiger partial charge is 0.475 e. The molecule has 4 fully saturated rings. The quantitative estimate of drug-likeness (QED) is 0.462. The summed E-state index contributed by atoms with van der Waals surface area (Å²) in [5.74, 6) is 3.21. The molecule has 1 aromatic rings. The van der Waals surface area contributed by atoms with E-state index in [1.54, 1.807) is 13.8 Å². The van der Waals surface area contributed by atoms with Gasteiger partial charge in [-0.25, -0.2) is 0 Å². The Morgan fingerprint density at radius 1 is 1.13 bits per heavy atom. The van der Waals surface area contributed by atoms with Gasteiger partial charge in [0.25, 0.3) is 0 Å². The zero-order chi connectivity index (χ0) is 21.4. The van der Waals surface area contributed by atoms with Crippen LogP contribution in [0.3, 0.4) is 0 Å². The third kappa shape index (κ3) is 5.36. The topological polar surface area (TPSA) is 67.8 Å². The van der Waals surface area contributed by atoms with E-state index in [-0.39, 0.29) is 17.6 Å². The van der Waals surface area contributed by atoms with Gasteiger partial charge in [-0.05, 0) is 94.2 Å². The highest BCUT2D eigenvalue weighted by atomic mass is 16.5. The van der Waals surface area contributed by atoms with Crippen LogP contribution < -0.4 is 10.1 Å². The predicted octanol–water partition coefficient (Wildman–Crippen LogP) is 4.42. The Morgan fingerprint density at radius 3 is 2.20 bits per heavy atom. The molecular weight excluding hydrogens is 378 g/mol. The van der Waals surface area contributed by atoms with Gasteiger partial charge in [0, 0.05) is 5.41 Å². The van der Waals surface area contributed by atoms with Crippen molar-refractivity contribution in [3.05, 3.63) is 29.8 Å². The highest BCUT2D eigenvalue weighted by molar-refractivity contribution is 5.72. The second kappa shape index (κ2) is 8.51. The van der Waals surface area contributed by atoms with E-state index in [4.69, 9.17) is 9.47 Å². The maximum Gasteiger partial charge on any atom is 0.310 e. The lowest BCUT2D eigenvalue weighted by Crippen LogP contribution is -2.48. The Labute approximate surface area is 180 Å². The summed E-state index contributed by atoms with van der Waals surface area (Å²) in [6, 6.07) is 7.57. The van der Waals surface area contributed by atoms with Crippen molar-refractivity contribution in [3.63, 3.8) is 0 Å². The monoisotopic (exact) mass is 415 g/mol. The lowest BCUT2D eigenvalue weighted by atomic mass is 9.50. The first kappa shape index (κ1) is 21.6. The molecule has 0 saturated heterocycles. The average molecular weight is 416 g/mol. The third-order valence-electron chi connectivity index (χ3n) is 7.14. The van der Waals surface area contributed by atoms with E-state index in [9.17, 15) is 9.90 Å². The molecule has 0 aromatic heterocycles. The number of rotatable bonds is 9. The molecule has 5 nitrogen and oxygen atoms in total. The second-order valence-electron chi connectivity index (χ2n) is 10.6. The van der Waals surface area contributed by atoms with Gasteiger partial charge in [0.05, 0.1) is 13.0 Å². The SMILES string of the molecule is CCC(NC(C)(C)O)Oc1ccc(CC(=O)OCC23CC4CC(CC(C4)C2)C3)cc1. The first-order valence-electron chi connectivity index (χ1n) is 11.6. The molecule has 1 aromatic carbocycles. The van der Waals surface area contributed by atoms with Gasteiger partial charge in [-0.1, -0.05) is 19.1 Å². The number of hydrogen-bond donors (Lipinski definition) is 2. The van der Waals surface area contributed by atoms with Gasteiger partial charge in [-0.2, -0.15) is 0 Å². The summed E-state index contributed by atoms with van der Waals surface area (Å²) >= 11 is 0. The molecule has 0 radical (unpaired) electrons. The van der Waals surface area contributed by atoms with Crippen LogP contribution in [0.1, 0.15) is 71.3 Å². The number of nitrogens with one attached hydrogen (secondary N) is 1. The van der Waals surface area contributed by atoms with Crippen LogP contribution in [-0.2, 0) is 16.0 Å². The molecule has 1 atom stereocenters. The molecule has 0 aliphatic heterocycles. The van der Waals surface area contributed by atoms with E-state index < -0.39 is 5.72 Å². The number of carbonyl (C=O) groups is 1. The van der Waals surface area contributed by atoms with Crippen molar-refractivity contribution >= 4 is 5.97 Å². The zero-order valence-electron chi connectivity index (χ0n) is 18.7. The molecular formula is C25H37NO4. The fraction of sp³-hybridized carbons (Fsp3) is 0.720. The van der Waals surface area contributed by atoms with Crippen LogP contribution >= 0.6 is 0 Å². The fourth-order valence-corrected chi connectivity index (χ4v) is 6.38. The molecule has 0 spiro atoms. The lowest BCUT2D eigenvalue weighted by molar-refractivity contribution is -0.154. The summed E-state index contributed by atoms with van der Waals surface area (Å²) in [4.78, 5) is 12.5. The summed E-state index contributed by atoms with van der Waals surface area (Å²) in [6.45, 7) is 5.99. The first-order chi connectivity index (χ1) is 14.2. The summed E-state index contributed by atoms with van der Waals surface area (Å²) < 4.78 is 11.7. The Bertz CT molecular complexity index is 701. The Kier molecular flexibility index (Phi) is 6.13. The van der Waals surface area contributed by atoms with Gasteiger partial charge >= 0.3 is 5.97 Å². The van der Waals surface area contributed by atoms with Crippen LogP contribution in [0, 0.1) is 23.2 Å². The second-order valence-corrected chi connectivity index (χ2v) is 10.6. The number of ether oxygens (including phenoxy) is 2. The minimum absolute atomic E-state index is 0.130. The molecule has 4 saturated carbocycles. The zero-order valence-corrected chi connectivity index (χ0v) is 18.7. The number of benzene rings is 1. The van der Waals surface area contributed by atoms with Gasteiger partial charge in [0.2, 0.25) is 0 Å². The minimum Gasteiger partial charge on any atom is -0.475 e. The molecule has 5 rings (SSSR count). The number of aliphatic hydroxyl groups is 1. The van der Waals surface area contributed by atoms with E-state index >= 15 is 0 Å². The summed E-state index contributed by atoms with van der Waals surface area (Å²) in [5, 5.41) is 12.9. The highest BCUT2D eigenvalue weighted by Crippen LogP contribution is 2.60. The van der Waals surface area contributed by atoms with Crippen molar-refractivity contribution < 1.29 is 19.4 Å². The van der Waals surface area contributed by atoms with Crippen LogP contribution in [0.5, 0.6) is 5.75 Å². The molecule has 30 heavy (non-hydrogen) atoms. The maximum atomic E-state index is 12.5. The van der Waals surface area contributed by atoms with Gasteiger partial charge in [0.15, 0.2) is 6.23 Å². The number of carbonyl (C=O) groups excluding carboxylic acids is 1. The molecule has 4 aliphatic rings. The van der Waals surface area contributed by atoms with Crippen molar-refractivity contribution in [2.24, 2.45) is 23.2 Å². The Morgan fingerprint density at radius 2 is 1.70 bits per heavy atom. The third-order valence-corrected chi connectivity index (χ3v) is 7.14. The summed E-state index contributed by atoms with van der Waals surface area (Å²) in [7, 11) is 0. The van der Waals surface area contributed by atoms with Crippen molar-refractivity contribution in [2.45, 2.75) is 84.1 Å². The summed E-state index contributed by atoms with van der Waals surface area (Å²) in [5.41, 5.74) is 0.201. The van der Waals surface area contributed by atoms with E-state index in [2.05, 4.69) is 5.32 Å². The number of esters is 1. The van der Waals surface area contributed by atoms with Crippen LogP contribution in [0.2, 0.25) is 0 Å². The van der Waals surface area contributed by atoms with Crippen molar-refractivity contribution in [1.82, 2.24) is 5.32 Å². The highest BCUT2D eigenvalue weighted by Gasteiger charge is 2.51. The van der Waals surface area contributed by atoms with Crippen LogP contribution in [-0.4, -0.2) is 29.6 Å². The fourth-order valence-electron chi connectivity index (χ4n) is 6.38. The normalized spacial score (nSPS) is 30.9. The molecule has 4 aliphatic carbocycles. The van der Waals surface area contributed by atoms with Crippen LogP contribution in [0.25, 0.3) is 0 Å². The van der Waals surface area contributed by atoms with Gasteiger partial charge in [0.1, 0.15) is 11.5 Å². The van der Waals surface area contributed by atoms with Gasteiger partial charge in [-0.3, -0.25) is 10.1 Å². The van der Waals surface area contributed by atoms with Crippen LogP contribution in [0.15, 0.2) is 24.3 Å². The Hall–Kier alpha value is -1.59.